The molecule has 15 heavy (non-hydrogen) atoms. The maximum absolute atomic E-state index is 5.66. The summed E-state index contributed by atoms with van der Waals surface area (Å²) >= 11 is 0. The number of hydrogen-bond acceptors (Lipinski definition) is 3. The van der Waals surface area contributed by atoms with Crippen molar-refractivity contribution < 1.29 is 8.85 Å². The maximum Gasteiger partial charge on any atom is 0.427 e. The summed E-state index contributed by atoms with van der Waals surface area (Å²) in [7, 11) is 1.38. The van der Waals surface area contributed by atoms with Gasteiger partial charge in [-0.2, -0.15) is 0 Å². The van der Waals surface area contributed by atoms with Crippen LogP contribution in [0.5, 0.6) is 0 Å². The van der Waals surface area contributed by atoms with Gasteiger partial charge in [-0.3, -0.25) is 4.98 Å². The Kier molecular flexibility index (Phi) is 5.25. The van der Waals surface area contributed by atoms with E-state index in [-0.39, 0.29) is 0 Å². The molecule has 90 valence electrons. The van der Waals surface area contributed by atoms with Gasteiger partial charge in [-0.1, -0.05) is 33.1 Å². The van der Waals surface area contributed by atoms with Crippen molar-refractivity contribution in [1.82, 2.24) is 4.98 Å². The minimum absolute atomic E-state index is 0.439. The number of nitrogens with one attached hydrogen (secondary N) is 1. The Morgan fingerprint density at radius 1 is 1.07 bits per heavy atom. The van der Waals surface area contributed by atoms with Gasteiger partial charge in [0.2, 0.25) is 0 Å². The molecule has 0 atom stereocenters. The Hall–Kier alpha value is 0.0969. The second-order valence-electron chi connectivity index (χ2n) is 4.71. The highest BCUT2D eigenvalue weighted by atomic mass is 28.4. The Labute approximate surface area is 94.9 Å². The number of rotatable bonds is 5. The summed E-state index contributed by atoms with van der Waals surface area (Å²) in [5.74, 6) is 0. The van der Waals surface area contributed by atoms with Crippen LogP contribution in [-0.2, 0) is 8.85 Å². The predicted molar refractivity (Wildman–Crippen MR) is 64.9 cm³/mol. The first kappa shape index (κ1) is 13.2. The third-order valence-electron chi connectivity index (χ3n) is 3.38. The Morgan fingerprint density at radius 2 is 1.60 bits per heavy atom. The van der Waals surface area contributed by atoms with Gasteiger partial charge in [0.05, 0.1) is 0 Å². The molecule has 1 saturated carbocycles. The smallest absolute Gasteiger partial charge is 0.386 e. The molecule has 1 aliphatic rings. The van der Waals surface area contributed by atoms with Gasteiger partial charge in [0, 0.05) is 25.8 Å². The van der Waals surface area contributed by atoms with Gasteiger partial charge in [0.1, 0.15) is 0 Å². The van der Waals surface area contributed by atoms with E-state index in [0.29, 0.717) is 11.6 Å². The maximum atomic E-state index is 5.66. The average molecular weight is 231 g/mol. The molecule has 0 amide bonds. The lowest BCUT2D eigenvalue weighted by molar-refractivity contribution is 0.205. The van der Waals surface area contributed by atoms with Crippen LogP contribution in [0.3, 0.4) is 0 Å². The third-order valence-corrected chi connectivity index (χ3v) is 6.92. The third kappa shape index (κ3) is 3.28. The fraction of sp³-hybridized carbons (Fsp3) is 1.00. The second kappa shape index (κ2) is 5.99. The lowest BCUT2D eigenvalue weighted by Crippen LogP contribution is -2.61. The SMILES string of the molecule is CO[Si](NC1CCCCC1)(OC)C(C)C. The summed E-state index contributed by atoms with van der Waals surface area (Å²) in [6, 6.07) is 0.604. The van der Waals surface area contributed by atoms with Crippen molar-refractivity contribution in [2.45, 2.75) is 57.5 Å². The molecule has 0 saturated heterocycles. The van der Waals surface area contributed by atoms with Crippen LogP contribution in [-0.4, -0.2) is 29.0 Å². The van der Waals surface area contributed by atoms with Crippen molar-refractivity contribution >= 4 is 8.72 Å². The molecular weight excluding hydrogens is 206 g/mol. The molecule has 0 aromatic carbocycles. The summed E-state index contributed by atoms with van der Waals surface area (Å²) < 4.78 is 11.3. The molecule has 0 spiro atoms. The molecule has 4 heteroatoms. The first-order chi connectivity index (χ1) is 7.14. The summed E-state index contributed by atoms with van der Waals surface area (Å²) in [6.07, 6.45) is 6.61. The van der Waals surface area contributed by atoms with Crippen LogP contribution in [0.4, 0.5) is 0 Å². The van der Waals surface area contributed by atoms with E-state index < -0.39 is 8.72 Å². The molecule has 3 nitrogen and oxygen atoms in total. The highest BCUT2D eigenvalue weighted by Crippen LogP contribution is 2.24. The van der Waals surface area contributed by atoms with E-state index >= 15 is 0 Å². The van der Waals surface area contributed by atoms with Crippen molar-refractivity contribution in [3.63, 3.8) is 0 Å². The highest BCUT2D eigenvalue weighted by Gasteiger charge is 2.42. The van der Waals surface area contributed by atoms with Gasteiger partial charge in [-0.25, -0.2) is 0 Å². The molecule has 0 bridgehead atoms. The molecule has 1 aliphatic carbocycles. The zero-order valence-corrected chi connectivity index (χ0v) is 11.5. The minimum atomic E-state index is -2.16. The van der Waals surface area contributed by atoms with Crippen LogP contribution >= 0.6 is 0 Å². The quantitative estimate of drug-likeness (QED) is 0.738. The van der Waals surface area contributed by atoms with Crippen LogP contribution in [0.15, 0.2) is 0 Å². The lowest BCUT2D eigenvalue weighted by Gasteiger charge is -2.36. The molecule has 0 aromatic rings. The van der Waals surface area contributed by atoms with Gasteiger partial charge >= 0.3 is 8.72 Å². The van der Waals surface area contributed by atoms with Crippen LogP contribution in [0.1, 0.15) is 46.0 Å². The standard InChI is InChI=1S/C11H25NO2Si/c1-10(2)15(13-3,14-4)12-11-8-6-5-7-9-11/h10-12H,5-9H2,1-4H3. The van der Waals surface area contributed by atoms with Gasteiger partial charge < -0.3 is 8.85 Å². The van der Waals surface area contributed by atoms with E-state index in [2.05, 4.69) is 18.8 Å². The zero-order chi connectivity index (χ0) is 11.3. The van der Waals surface area contributed by atoms with E-state index in [0.717, 1.165) is 0 Å². The normalized spacial score (nSPS) is 19.8. The topological polar surface area (TPSA) is 30.5 Å². The summed E-state index contributed by atoms with van der Waals surface area (Å²) in [5, 5.41) is 0. The van der Waals surface area contributed by atoms with E-state index in [1.807, 2.05) is 0 Å². The van der Waals surface area contributed by atoms with Gasteiger partial charge in [-0.05, 0) is 12.8 Å². The predicted octanol–water partition coefficient (Wildman–Crippen LogP) is 2.55. The Morgan fingerprint density at radius 3 is 2.00 bits per heavy atom. The van der Waals surface area contributed by atoms with Crippen LogP contribution in [0.25, 0.3) is 0 Å². The fourth-order valence-corrected chi connectivity index (χ4v) is 4.91. The van der Waals surface area contributed by atoms with Crippen molar-refractivity contribution in [3.05, 3.63) is 0 Å². The summed E-state index contributed by atoms with van der Waals surface area (Å²) in [5.41, 5.74) is 0.439. The van der Waals surface area contributed by atoms with Crippen molar-refractivity contribution in [1.29, 1.82) is 0 Å². The molecule has 0 radical (unpaired) electrons. The average Bonchev–Trinajstić information content (AvgIpc) is 2.27. The first-order valence-corrected chi connectivity index (χ1v) is 7.92. The van der Waals surface area contributed by atoms with Crippen molar-refractivity contribution in [2.75, 3.05) is 14.2 Å². The highest BCUT2D eigenvalue weighted by molar-refractivity contribution is 6.66. The van der Waals surface area contributed by atoms with Crippen LogP contribution < -0.4 is 4.98 Å². The van der Waals surface area contributed by atoms with E-state index in [9.17, 15) is 0 Å². The van der Waals surface area contributed by atoms with Crippen LogP contribution in [0, 0.1) is 0 Å². The minimum Gasteiger partial charge on any atom is -0.386 e. The molecule has 1 rings (SSSR count). The fourth-order valence-electron chi connectivity index (χ4n) is 2.37. The molecule has 0 heterocycles. The van der Waals surface area contributed by atoms with Crippen molar-refractivity contribution in [3.8, 4) is 0 Å². The van der Waals surface area contributed by atoms with Crippen LogP contribution in [0.2, 0.25) is 5.54 Å². The second-order valence-corrected chi connectivity index (χ2v) is 8.30. The molecular formula is C11H25NO2Si. The summed E-state index contributed by atoms with van der Waals surface area (Å²) in [4.78, 5) is 3.66. The molecule has 0 aromatic heterocycles. The molecule has 0 unspecified atom stereocenters. The zero-order valence-electron chi connectivity index (χ0n) is 10.5. The van der Waals surface area contributed by atoms with E-state index in [4.69, 9.17) is 8.85 Å². The van der Waals surface area contributed by atoms with Gasteiger partial charge in [-0.15, -0.1) is 0 Å². The Balaban J connectivity index is 2.56. The monoisotopic (exact) mass is 231 g/mol. The van der Waals surface area contributed by atoms with Gasteiger partial charge in [0.25, 0.3) is 0 Å². The molecule has 0 aliphatic heterocycles. The van der Waals surface area contributed by atoms with E-state index in [1.54, 1.807) is 14.2 Å². The first-order valence-electron chi connectivity index (χ1n) is 6.02. The van der Waals surface area contributed by atoms with Gasteiger partial charge in [0.15, 0.2) is 0 Å². The molecule has 1 fully saturated rings. The van der Waals surface area contributed by atoms with Crippen molar-refractivity contribution in [2.24, 2.45) is 0 Å². The number of hydrogen-bond donors (Lipinski definition) is 1. The van der Waals surface area contributed by atoms with E-state index in [1.165, 1.54) is 32.1 Å². The lowest BCUT2D eigenvalue weighted by atomic mass is 9.96. The molecule has 1 N–H and O–H groups in total. The largest absolute Gasteiger partial charge is 0.427 e. The Bertz CT molecular complexity index is 177. The summed E-state index contributed by atoms with van der Waals surface area (Å²) in [6.45, 7) is 4.35.